The summed E-state index contributed by atoms with van der Waals surface area (Å²) in [5.74, 6) is -0.400. The van der Waals surface area contributed by atoms with E-state index < -0.39 is 12.0 Å². The smallest absolute Gasteiger partial charge is 0.327 e. The molecular weight excluding hydrogens is 258 g/mol. The lowest BCUT2D eigenvalue weighted by atomic mass is 10.1. The molecule has 2 N–H and O–H groups in total. The molecule has 4 heteroatoms. The number of hydrogen-bond acceptors (Lipinski definition) is 3. The van der Waals surface area contributed by atoms with Gasteiger partial charge in [0.05, 0.1) is 6.10 Å². The van der Waals surface area contributed by atoms with Gasteiger partial charge in [0.1, 0.15) is 6.04 Å². The Hall–Kier alpha value is -0.870. The van der Waals surface area contributed by atoms with E-state index in [4.69, 9.17) is 10.5 Å². The Bertz CT molecular complexity index is 352. The molecule has 1 unspecified atom stereocenters. The van der Waals surface area contributed by atoms with Gasteiger partial charge in [0.25, 0.3) is 0 Å². The van der Waals surface area contributed by atoms with Crippen LogP contribution in [0.4, 0.5) is 0 Å². The highest BCUT2D eigenvalue weighted by Gasteiger charge is 2.18. The second-order valence-corrected chi connectivity index (χ2v) is 4.43. The Labute approximate surface area is 97.7 Å². The van der Waals surface area contributed by atoms with Gasteiger partial charge in [0.15, 0.2) is 0 Å². The summed E-state index contributed by atoms with van der Waals surface area (Å²) in [5, 5.41) is 0. The van der Waals surface area contributed by atoms with Crippen molar-refractivity contribution >= 4 is 21.9 Å². The van der Waals surface area contributed by atoms with Crippen molar-refractivity contribution in [2.75, 3.05) is 0 Å². The molecule has 15 heavy (non-hydrogen) atoms. The summed E-state index contributed by atoms with van der Waals surface area (Å²) in [6.45, 7) is 3.59. The SMILES string of the molecule is CC(C)OC(=O)C(N)c1cccc(Br)c1. The molecule has 0 aromatic heterocycles. The number of carbonyl (C=O) groups excluding carboxylic acids is 1. The van der Waals surface area contributed by atoms with Gasteiger partial charge in [-0.3, -0.25) is 0 Å². The van der Waals surface area contributed by atoms with Crippen molar-refractivity contribution in [1.29, 1.82) is 0 Å². The van der Waals surface area contributed by atoms with Crippen LogP contribution >= 0.6 is 15.9 Å². The standard InChI is InChI=1S/C11H14BrNO2/c1-7(2)15-11(14)10(13)8-4-3-5-9(12)6-8/h3-7,10H,13H2,1-2H3. The van der Waals surface area contributed by atoms with Crippen molar-refractivity contribution in [2.24, 2.45) is 5.73 Å². The van der Waals surface area contributed by atoms with Crippen LogP contribution in [-0.4, -0.2) is 12.1 Å². The predicted molar refractivity (Wildman–Crippen MR) is 62.3 cm³/mol. The lowest BCUT2D eigenvalue weighted by Gasteiger charge is -2.14. The molecule has 0 radical (unpaired) electrons. The fourth-order valence-corrected chi connectivity index (χ4v) is 1.56. The van der Waals surface area contributed by atoms with E-state index in [1.807, 2.05) is 18.2 Å². The number of nitrogens with two attached hydrogens (primary N) is 1. The highest BCUT2D eigenvalue weighted by Crippen LogP contribution is 2.17. The molecule has 0 aliphatic heterocycles. The van der Waals surface area contributed by atoms with Crippen LogP contribution in [0.1, 0.15) is 25.5 Å². The van der Waals surface area contributed by atoms with Crippen LogP contribution in [0.25, 0.3) is 0 Å². The van der Waals surface area contributed by atoms with Crippen LogP contribution in [0.3, 0.4) is 0 Å². The summed E-state index contributed by atoms with van der Waals surface area (Å²) in [4.78, 5) is 11.5. The molecule has 0 bridgehead atoms. The fourth-order valence-electron chi connectivity index (χ4n) is 1.14. The minimum atomic E-state index is -0.718. The van der Waals surface area contributed by atoms with E-state index in [2.05, 4.69) is 15.9 Å². The first kappa shape index (κ1) is 12.2. The van der Waals surface area contributed by atoms with Crippen LogP contribution in [0.15, 0.2) is 28.7 Å². The summed E-state index contributed by atoms with van der Waals surface area (Å²) >= 11 is 3.32. The first-order chi connectivity index (χ1) is 7.00. The summed E-state index contributed by atoms with van der Waals surface area (Å²) in [6.07, 6.45) is -0.143. The summed E-state index contributed by atoms with van der Waals surface area (Å²) < 4.78 is 5.92. The van der Waals surface area contributed by atoms with E-state index >= 15 is 0 Å². The number of hydrogen-bond donors (Lipinski definition) is 1. The average molecular weight is 272 g/mol. The van der Waals surface area contributed by atoms with Gasteiger partial charge < -0.3 is 10.5 Å². The predicted octanol–water partition coefficient (Wildman–Crippen LogP) is 2.40. The average Bonchev–Trinajstić information content (AvgIpc) is 2.15. The van der Waals surface area contributed by atoms with E-state index in [-0.39, 0.29) is 6.10 Å². The Morgan fingerprint density at radius 2 is 2.13 bits per heavy atom. The van der Waals surface area contributed by atoms with E-state index in [1.54, 1.807) is 19.9 Å². The van der Waals surface area contributed by atoms with Gasteiger partial charge >= 0.3 is 5.97 Å². The maximum absolute atomic E-state index is 11.5. The molecule has 0 amide bonds. The quantitative estimate of drug-likeness (QED) is 0.859. The molecule has 0 fully saturated rings. The molecule has 0 aliphatic rings. The first-order valence-electron chi connectivity index (χ1n) is 4.72. The van der Waals surface area contributed by atoms with E-state index in [9.17, 15) is 4.79 Å². The Morgan fingerprint density at radius 1 is 1.47 bits per heavy atom. The minimum absolute atomic E-state index is 0.143. The zero-order valence-electron chi connectivity index (χ0n) is 8.74. The number of esters is 1. The lowest BCUT2D eigenvalue weighted by Crippen LogP contribution is -2.26. The highest BCUT2D eigenvalue weighted by atomic mass is 79.9. The Balaban J connectivity index is 2.76. The fraction of sp³-hybridized carbons (Fsp3) is 0.364. The first-order valence-corrected chi connectivity index (χ1v) is 5.51. The largest absolute Gasteiger partial charge is 0.462 e. The molecule has 1 atom stereocenters. The monoisotopic (exact) mass is 271 g/mol. The van der Waals surface area contributed by atoms with Crippen LogP contribution in [0.2, 0.25) is 0 Å². The lowest BCUT2D eigenvalue weighted by molar-refractivity contribution is -0.149. The normalized spacial score (nSPS) is 12.6. The van der Waals surface area contributed by atoms with Crippen molar-refractivity contribution in [1.82, 2.24) is 0 Å². The molecule has 1 rings (SSSR count). The highest BCUT2D eigenvalue weighted by molar-refractivity contribution is 9.10. The van der Waals surface area contributed by atoms with Gasteiger partial charge in [-0.25, -0.2) is 4.79 Å². The number of benzene rings is 1. The topological polar surface area (TPSA) is 52.3 Å². The van der Waals surface area contributed by atoms with Crippen molar-refractivity contribution in [3.63, 3.8) is 0 Å². The zero-order chi connectivity index (χ0) is 11.4. The molecule has 1 aromatic carbocycles. The van der Waals surface area contributed by atoms with Crippen LogP contribution < -0.4 is 5.73 Å². The van der Waals surface area contributed by atoms with Gasteiger partial charge in [-0.15, -0.1) is 0 Å². The van der Waals surface area contributed by atoms with Crippen molar-refractivity contribution in [3.8, 4) is 0 Å². The van der Waals surface area contributed by atoms with Crippen molar-refractivity contribution in [3.05, 3.63) is 34.3 Å². The third-order valence-electron chi connectivity index (χ3n) is 1.81. The van der Waals surface area contributed by atoms with Gasteiger partial charge in [-0.1, -0.05) is 28.1 Å². The van der Waals surface area contributed by atoms with E-state index in [1.165, 1.54) is 0 Å². The van der Waals surface area contributed by atoms with Gasteiger partial charge in [-0.05, 0) is 31.5 Å². The van der Waals surface area contributed by atoms with E-state index in [0.29, 0.717) is 0 Å². The molecule has 3 nitrogen and oxygen atoms in total. The number of ether oxygens (including phenoxy) is 1. The van der Waals surface area contributed by atoms with E-state index in [0.717, 1.165) is 10.0 Å². The minimum Gasteiger partial charge on any atom is -0.462 e. The van der Waals surface area contributed by atoms with Crippen LogP contribution in [0, 0.1) is 0 Å². The van der Waals surface area contributed by atoms with Gasteiger partial charge in [0, 0.05) is 4.47 Å². The summed E-state index contributed by atoms with van der Waals surface area (Å²) in [6, 6.07) is 6.61. The molecule has 0 heterocycles. The third-order valence-corrected chi connectivity index (χ3v) is 2.31. The second kappa shape index (κ2) is 5.28. The van der Waals surface area contributed by atoms with Gasteiger partial charge in [0.2, 0.25) is 0 Å². The van der Waals surface area contributed by atoms with Crippen molar-refractivity contribution in [2.45, 2.75) is 26.0 Å². The van der Waals surface area contributed by atoms with Crippen LogP contribution in [0.5, 0.6) is 0 Å². The molecule has 0 saturated carbocycles. The molecule has 0 spiro atoms. The van der Waals surface area contributed by atoms with Crippen LogP contribution in [-0.2, 0) is 9.53 Å². The Morgan fingerprint density at radius 3 is 2.67 bits per heavy atom. The molecule has 0 aliphatic carbocycles. The summed E-state index contributed by atoms with van der Waals surface area (Å²) in [5.41, 5.74) is 6.51. The number of halogens is 1. The number of rotatable bonds is 3. The third kappa shape index (κ3) is 3.64. The number of carbonyl (C=O) groups is 1. The summed E-state index contributed by atoms with van der Waals surface area (Å²) in [7, 11) is 0. The maximum Gasteiger partial charge on any atom is 0.327 e. The van der Waals surface area contributed by atoms with Gasteiger partial charge in [-0.2, -0.15) is 0 Å². The molecule has 82 valence electrons. The molecule has 1 aromatic rings. The molecular formula is C11H14BrNO2. The maximum atomic E-state index is 11.5. The Kier molecular flexibility index (Phi) is 4.29. The zero-order valence-corrected chi connectivity index (χ0v) is 10.3. The second-order valence-electron chi connectivity index (χ2n) is 3.52. The molecule has 0 saturated heterocycles. The van der Waals surface area contributed by atoms with Crippen molar-refractivity contribution < 1.29 is 9.53 Å².